The number of likely N-dealkylation sites (tertiary alicyclic amines) is 2. The summed E-state index contributed by atoms with van der Waals surface area (Å²) in [4.78, 5) is 39.5. The van der Waals surface area contributed by atoms with Gasteiger partial charge in [-0.3, -0.25) is 14.5 Å². The number of hydrogen-bond acceptors (Lipinski definition) is 5. The average Bonchev–Trinajstić information content (AvgIpc) is 2.59. The zero-order chi connectivity index (χ0) is 18.1. The summed E-state index contributed by atoms with van der Waals surface area (Å²) < 4.78 is 0. The van der Waals surface area contributed by atoms with Crippen molar-refractivity contribution in [2.24, 2.45) is 0 Å². The normalized spacial score (nSPS) is 23.3. The third-order valence-corrected chi connectivity index (χ3v) is 5.86. The van der Waals surface area contributed by atoms with Gasteiger partial charge in [0.1, 0.15) is 5.82 Å². The van der Waals surface area contributed by atoms with E-state index in [-0.39, 0.29) is 17.9 Å². The van der Waals surface area contributed by atoms with Crippen LogP contribution >= 0.6 is 0 Å². The lowest BCUT2D eigenvalue weighted by Gasteiger charge is -2.38. The van der Waals surface area contributed by atoms with E-state index in [0.717, 1.165) is 75.4 Å². The SMILES string of the molecule is CC(=O)N1CCc2nc([C@H]3CCCCN3CC(=O)N3CCC3)ncc2C1. The monoisotopic (exact) mass is 357 g/mol. The first-order valence-electron chi connectivity index (χ1n) is 9.74. The Bertz CT molecular complexity index is 703. The van der Waals surface area contributed by atoms with Gasteiger partial charge in [0.2, 0.25) is 11.8 Å². The molecule has 1 aromatic rings. The van der Waals surface area contributed by atoms with Gasteiger partial charge in [0.15, 0.2) is 0 Å². The van der Waals surface area contributed by atoms with Crippen molar-refractivity contribution < 1.29 is 9.59 Å². The van der Waals surface area contributed by atoms with Crippen LogP contribution in [0.2, 0.25) is 0 Å². The quantitative estimate of drug-likeness (QED) is 0.811. The average molecular weight is 357 g/mol. The van der Waals surface area contributed by atoms with Crippen molar-refractivity contribution in [2.45, 2.75) is 51.6 Å². The Hall–Kier alpha value is -2.02. The van der Waals surface area contributed by atoms with E-state index in [0.29, 0.717) is 13.1 Å². The molecule has 1 aromatic heterocycles. The van der Waals surface area contributed by atoms with Gasteiger partial charge in [-0.2, -0.15) is 0 Å². The Morgan fingerprint density at radius 1 is 1.12 bits per heavy atom. The fraction of sp³-hybridized carbons (Fsp3) is 0.684. The maximum atomic E-state index is 12.4. The molecule has 140 valence electrons. The molecule has 3 aliphatic rings. The molecular formula is C19H27N5O2. The van der Waals surface area contributed by atoms with E-state index in [1.165, 1.54) is 0 Å². The molecule has 0 spiro atoms. The van der Waals surface area contributed by atoms with Gasteiger partial charge in [0.25, 0.3) is 0 Å². The topological polar surface area (TPSA) is 69.6 Å². The summed E-state index contributed by atoms with van der Waals surface area (Å²) in [5.41, 5.74) is 2.11. The van der Waals surface area contributed by atoms with Crippen molar-refractivity contribution in [3.8, 4) is 0 Å². The van der Waals surface area contributed by atoms with E-state index in [2.05, 4.69) is 9.88 Å². The largest absolute Gasteiger partial charge is 0.341 e. The summed E-state index contributed by atoms with van der Waals surface area (Å²) in [6.07, 6.45) is 7.08. The van der Waals surface area contributed by atoms with Crippen LogP contribution in [0.15, 0.2) is 6.20 Å². The molecule has 4 heterocycles. The van der Waals surface area contributed by atoms with Crippen LogP contribution in [-0.2, 0) is 22.6 Å². The molecule has 0 radical (unpaired) electrons. The van der Waals surface area contributed by atoms with Crippen LogP contribution in [0.5, 0.6) is 0 Å². The van der Waals surface area contributed by atoms with Gasteiger partial charge in [-0.25, -0.2) is 9.97 Å². The fourth-order valence-corrected chi connectivity index (χ4v) is 4.07. The number of nitrogens with zero attached hydrogens (tertiary/aromatic N) is 5. The summed E-state index contributed by atoms with van der Waals surface area (Å²) in [7, 11) is 0. The van der Waals surface area contributed by atoms with Crippen LogP contribution in [0.25, 0.3) is 0 Å². The molecule has 26 heavy (non-hydrogen) atoms. The van der Waals surface area contributed by atoms with Crippen LogP contribution < -0.4 is 0 Å². The molecule has 0 N–H and O–H groups in total. The van der Waals surface area contributed by atoms with Crippen LogP contribution in [0, 0.1) is 0 Å². The van der Waals surface area contributed by atoms with E-state index in [1.807, 2.05) is 16.0 Å². The lowest BCUT2D eigenvalue weighted by atomic mass is 10.00. The molecule has 0 bridgehead atoms. The molecule has 2 amide bonds. The van der Waals surface area contributed by atoms with Gasteiger partial charge < -0.3 is 9.80 Å². The van der Waals surface area contributed by atoms with Gasteiger partial charge in [0, 0.05) is 51.3 Å². The predicted octanol–water partition coefficient (Wildman–Crippen LogP) is 1.14. The van der Waals surface area contributed by atoms with Crippen molar-refractivity contribution in [2.75, 3.05) is 32.7 Å². The maximum Gasteiger partial charge on any atom is 0.236 e. The minimum absolute atomic E-state index is 0.0997. The molecule has 1 atom stereocenters. The van der Waals surface area contributed by atoms with Crippen molar-refractivity contribution in [1.29, 1.82) is 0 Å². The molecular weight excluding hydrogens is 330 g/mol. The summed E-state index contributed by atoms with van der Waals surface area (Å²) in [6, 6.07) is 0.130. The number of fused-ring (bicyclic) bond motifs is 1. The number of carbonyl (C=O) groups excluding carboxylic acids is 2. The van der Waals surface area contributed by atoms with Crippen LogP contribution in [-0.4, -0.2) is 69.2 Å². The highest BCUT2D eigenvalue weighted by atomic mass is 16.2. The Balaban J connectivity index is 1.49. The smallest absolute Gasteiger partial charge is 0.236 e. The summed E-state index contributed by atoms with van der Waals surface area (Å²) in [6.45, 7) is 6.15. The summed E-state index contributed by atoms with van der Waals surface area (Å²) in [5, 5.41) is 0. The zero-order valence-electron chi connectivity index (χ0n) is 15.5. The number of hydrogen-bond donors (Lipinski definition) is 0. The predicted molar refractivity (Wildman–Crippen MR) is 96.2 cm³/mol. The molecule has 2 fully saturated rings. The lowest BCUT2D eigenvalue weighted by molar-refractivity contribution is -0.137. The standard InChI is InChI=1S/C19H27N5O2/c1-14(25)23-10-6-16-15(12-23)11-20-19(21-16)17-5-2-3-7-24(17)13-18(26)22-8-4-9-22/h11,17H,2-10,12-13H2,1H3/t17-/m1/s1. The Morgan fingerprint density at radius 2 is 1.96 bits per heavy atom. The number of piperidine rings is 1. The molecule has 7 nitrogen and oxygen atoms in total. The van der Waals surface area contributed by atoms with Gasteiger partial charge in [-0.1, -0.05) is 6.42 Å². The second-order valence-corrected chi connectivity index (χ2v) is 7.61. The second-order valence-electron chi connectivity index (χ2n) is 7.61. The first kappa shape index (κ1) is 17.4. The van der Waals surface area contributed by atoms with Gasteiger partial charge >= 0.3 is 0 Å². The number of carbonyl (C=O) groups is 2. The van der Waals surface area contributed by atoms with Crippen molar-refractivity contribution in [3.05, 3.63) is 23.3 Å². The Labute approximate surface area is 154 Å². The highest BCUT2D eigenvalue weighted by Gasteiger charge is 2.31. The Morgan fingerprint density at radius 3 is 2.69 bits per heavy atom. The highest BCUT2D eigenvalue weighted by Crippen LogP contribution is 2.30. The van der Waals surface area contributed by atoms with Gasteiger partial charge in [-0.15, -0.1) is 0 Å². The minimum atomic E-state index is 0.0997. The van der Waals surface area contributed by atoms with Crippen molar-refractivity contribution >= 4 is 11.8 Å². The Kier molecular flexibility index (Phi) is 4.89. The molecule has 4 rings (SSSR count). The second kappa shape index (κ2) is 7.31. The fourth-order valence-electron chi connectivity index (χ4n) is 4.07. The van der Waals surface area contributed by atoms with Gasteiger partial charge in [0.05, 0.1) is 18.3 Å². The first-order valence-corrected chi connectivity index (χ1v) is 9.74. The van der Waals surface area contributed by atoms with E-state index >= 15 is 0 Å². The number of aromatic nitrogens is 2. The van der Waals surface area contributed by atoms with Crippen LogP contribution in [0.1, 0.15) is 55.7 Å². The molecule has 0 unspecified atom stereocenters. The molecule has 2 saturated heterocycles. The van der Waals surface area contributed by atoms with E-state index in [1.54, 1.807) is 6.92 Å². The van der Waals surface area contributed by atoms with Crippen molar-refractivity contribution in [3.63, 3.8) is 0 Å². The van der Waals surface area contributed by atoms with Crippen LogP contribution in [0.4, 0.5) is 0 Å². The molecule has 7 heteroatoms. The first-order chi connectivity index (χ1) is 12.6. The lowest BCUT2D eigenvalue weighted by Crippen LogP contribution is -2.48. The number of rotatable bonds is 3. The molecule has 3 aliphatic heterocycles. The third kappa shape index (κ3) is 3.45. The highest BCUT2D eigenvalue weighted by molar-refractivity contribution is 5.79. The van der Waals surface area contributed by atoms with Crippen molar-refractivity contribution in [1.82, 2.24) is 24.7 Å². The molecule has 0 saturated carbocycles. The zero-order valence-corrected chi connectivity index (χ0v) is 15.5. The van der Waals surface area contributed by atoms with Crippen LogP contribution in [0.3, 0.4) is 0 Å². The number of amides is 2. The third-order valence-electron chi connectivity index (χ3n) is 5.86. The van der Waals surface area contributed by atoms with E-state index in [9.17, 15) is 9.59 Å². The summed E-state index contributed by atoms with van der Waals surface area (Å²) in [5.74, 6) is 1.18. The van der Waals surface area contributed by atoms with E-state index in [4.69, 9.17) is 4.98 Å². The maximum absolute atomic E-state index is 12.4. The van der Waals surface area contributed by atoms with E-state index < -0.39 is 0 Å². The van der Waals surface area contributed by atoms with Gasteiger partial charge in [-0.05, 0) is 25.8 Å². The molecule has 0 aliphatic carbocycles. The minimum Gasteiger partial charge on any atom is -0.341 e. The molecule has 0 aromatic carbocycles. The summed E-state index contributed by atoms with van der Waals surface area (Å²) >= 11 is 0.